The van der Waals surface area contributed by atoms with Crippen LogP contribution < -0.4 is 10.1 Å². The molecule has 0 bridgehead atoms. The van der Waals surface area contributed by atoms with Crippen LogP contribution in [-0.4, -0.2) is 13.2 Å². The van der Waals surface area contributed by atoms with Gasteiger partial charge in [-0.25, -0.2) is 0 Å². The molecule has 1 aromatic carbocycles. The zero-order valence-electron chi connectivity index (χ0n) is 14.3. The van der Waals surface area contributed by atoms with Gasteiger partial charge in [0.2, 0.25) is 0 Å². The van der Waals surface area contributed by atoms with E-state index < -0.39 is 0 Å². The summed E-state index contributed by atoms with van der Waals surface area (Å²) < 4.78 is 5.63. The van der Waals surface area contributed by atoms with Crippen molar-refractivity contribution in [2.24, 2.45) is 11.3 Å². The minimum atomic E-state index is 0.353. The average molecular weight is 289 g/mol. The van der Waals surface area contributed by atoms with Gasteiger partial charge in [0.15, 0.2) is 0 Å². The highest BCUT2D eigenvalue weighted by atomic mass is 16.5. The summed E-state index contributed by atoms with van der Waals surface area (Å²) in [5.41, 5.74) is 3.15. The van der Waals surface area contributed by atoms with E-state index in [0.29, 0.717) is 17.4 Å². The zero-order valence-corrected chi connectivity index (χ0v) is 14.3. The van der Waals surface area contributed by atoms with E-state index in [9.17, 15) is 0 Å². The van der Waals surface area contributed by atoms with Crippen molar-refractivity contribution in [2.45, 2.75) is 59.9 Å². The molecule has 1 aliphatic heterocycles. The fourth-order valence-corrected chi connectivity index (χ4v) is 2.79. The van der Waals surface area contributed by atoms with Gasteiger partial charge in [-0.15, -0.1) is 0 Å². The SMILES string of the molecule is CCCNC(CC(C)C(C)(C)C)c1ccc2c(c1)CCO2. The monoisotopic (exact) mass is 289 g/mol. The van der Waals surface area contributed by atoms with Crippen LogP contribution in [0.5, 0.6) is 5.75 Å². The van der Waals surface area contributed by atoms with Gasteiger partial charge in [-0.2, -0.15) is 0 Å². The Kier molecular flexibility index (Phi) is 5.32. The molecule has 2 rings (SSSR count). The molecule has 2 unspecified atom stereocenters. The largest absolute Gasteiger partial charge is 0.493 e. The van der Waals surface area contributed by atoms with Crippen molar-refractivity contribution in [1.82, 2.24) is 5.32 Å². The van der Waals surface area contributed by atoms with Crippen molar-refractivity contribution < 1.29 is 4.74 Å². The number of rotatable bonds is 6. The molecular weight excluding hydrogens is 258 g/mol. The molecule has 0 fully saturated rings. The van der Waals surface area contributed by atoms with Crippen LogP contribution in [0.4, 0.5) is 0 Å². The van der Waals surface area contributed by atoms with E-state index in [0.717, 1.165) is 25.3 Å². The standard InChI is InChI=1S/C19H31NO/c1-6-10-20-17(12-14(2)19(3,4)5)15-7-8-18-16(13-15)9-11-21-18/h7-8,13-14,17,20H,6,9-12H2,1-5H3. The van der Waals surface area contributed by atoms with Gasteiger partial charge in [-0.05, 0) is 47.9 Å². The lowest BCUT2D eigenvalue weighted by atomic mass is 9.77. The third-order valence-electron chi connectivity index (χ3n) is 4.82. The number of fused-ring (bicyclic) bond motifs is 1. The highest BCUT2D eigenvalue weighted by molar-refractivity contribution is 5.40. The number of benzene rings is 1. The van der Waals surface area contributed by atoms with Crippen LogP contribution in [-0.2, 0) is 6.42 Å². The minimum Gasteiger partial charge on any atom is -0.493 e. The molecule has 1 heterocycles. The van der Waals surface area contributed by atoms with Crippen LogP contribution in [0.25, 0.3) is 0 Å². The molecule has 0 aromatic heterocycles. The second-order valence-corrected chi connectivity index (χ2v) is 7.48. The smallest absolute Gasteiger partial charge is 0.122 e. The molecule has 2 atom stereocenters. The van der Waals surface area contributed by atoms with Crippen LogP contribution in [0, 0.1) is 11.3 Å². The summed E-state index contributed by atoms with van der Waals surface area (Å²) in [7, 11) is 0. The van der Waals surface area contributed by atoms with Gasteiger partial charge in [0, 0.05) is 12.5 Å². The Bertz CT molecular complexity index is 461. The number of hydrogen-bond donors (Lipinski definition) is 1. The van der Waals surface area contributed by atoms with Crippen molar-refractivity contribution in [3.05, 3.63) is 29.3 Å². The number of ether oxygens (including phenoxy) is 1. The molecule has 0 aliphatic carbocycles. The summed E-state index contributed by atoms with van der Waals surface area (Å²) in [4.78, 5) is 0. The molecule has 1 aromatic rings. The Balaban J connectivity index is 2.15. The first-order valence-electron chi connectivity index (χ1n) is 8.40. The van der Waals surface area contributed by atoms with Crippen molar-refractivity contribution in [3.8, 4) is 5.75 Å². The van der Waals surface area contributed by atoms with Crippen LogP contribution >= 0.6 is 0 Å². The first-order chi connectivity index (χ1) is 9.91. The molecule has 0 amide bonds. The molecule has 2 nitrogen and oxygen atoms in total. The maximum atomic E-state index is 5.63. The van der Waals surface area contributed by atoms with Crippen molar-refractivity contribution in [3.63, 3.8) is 0 Å². The van der Waals surface area contributed by atoms with Crippen molar-refractivity contribution in [1.29, 1.82) is 0 Å². The summed E-state index contributed by atoms with van der Waals surface area (Å²) in [6.45, 7) is 13.5. The van der Waals surface area contributed by atoms with Crippen LogP contribution in [0.3, 0.4) is 0 Å². The van der Waals surface area contributed by atoms with Crippen molar-refractivity contribution in [2.75, 3.05) is 13.2 Å². The average Bonchev–Trinajstić information content (AvgIpc) is 2.89. The molecule has 0 saturated heterocycles. The molecule has 118 valence electrons. The summed E-state index contributed by atoms with van der Waals surface area (Å²) in [5, 5.41) is 3.74. The van der Waals surface area contributed by atoms with Gasteiger partial charge in [0.25, 0.3) is 0 Å². The Morgan fingerprint density at radius 1 is 1.29 bits per heavy atom. The van der Waals surface area contributed by atoms with E-state index >= 15 is 0 Å². The maximum Gasteiger partial charge on any atom is 0.122 e. The molecule has 21 heavy (non-hydrogen) atoms. The van der Waals surface area contributed by atoms with E-state index in [1.165, 1.54) is 24.0 Å². The predicted molar refractivity (Wildman–Crippen MR) is 89.9 cm³/mol. The normalized spacial score (nSPS) is 17.2. The second-order valence-electron chi connectivity index (χ2n) is 7.48. The van der Waals surface area contributed by atoms with Crippen LogP contribution in [0.2, 0.25) is 0 Å². The second kappa shape index (κ2) is 6.83. The van der Waals surface area contributed by atoms with Gasteiger partial charge in [-0.3, -0.25) is 0 Å². The van der Waals surface area contributed by atoms with Crippen LogP contribution in [0.1, 0.15) is 64.6 Å². The van der Waals surface area contributed by atoms with Gasteiger partial charge >= 0.3 is 0 Å². The van der Waals surface area contributed by atoms with Crippen LogP contribution in [0.15, 0.2) is 18.2 Å². The van der Waals surface area contributed by atoms with E-state index in [1.54, 1.807) is 0 Å². The third kappa shape index (κ3) is 4.23. The van der Waals surface area contributed by atoms with E-state index in [4.69, 9.17) is 4.74 Å². The summed E-state index contributed by atoms with van der Waals surface area (Å²) in [6.07, 6.45) is 3.41. The fraction of sp³-hybridized carbons (Fsp3) is 0.684. The predicted octanol–water partition coefficient (Wildman–Crippen LogP) is 4.73. The number of hydrogen-bond acceptors (Lipinski definition) is 2. The summed E-state index contributed by atoms with van der Waals surface area (Å²) in [6, 6.07) is 7.20. The maximum absolute atomic E-state index is 5.63. The minimum absolute atomic E-state index is 0.353. The van der Waals surface area contributed by atoms with E-state index in [1.807, 2.05) is 0 Å². The fourth-order valence-electron chi connectivity index (χ4n) is 2.79. The van der Waals surface area contributed by atoms with Crippen molar-refractivity contribution >= 4 is 0 Å². The first kappa shape index (κ1) is 16.4. The summed E-state index contributed by atoms with van der Waals surface area (Å²) in [5.74, 6) is 1.76. The van der Waals surface area contributed by atoms with Gasteiger partial charge in [-0.1, -0.05) is 46.8 Å². The van der Waals surface area contributed by atoms with Gasteiger partial charge in [0.05, 0.1) is 6.61 Å². The lowest BCUT2D eigenvalue weighted by Gasteiger charge is -2.31. The Morgan fingerprint density at radius 2 is 2.05 bits per heavy atom. The molecule has 0 spiro atoms. The molecule has 0 saturated carbocycles. The highest BCUT2D eigenvalue weighted by Crippen LogP contribution is 2.35. The Labute approximate surface area is 130 Å². The summed E-state index contributed by atoms with van der Waals surface area (Å²) >= 11 is 0. The number of nitrogens with one attached hydrogen (secondary N) is 1. The quantitative estimate of drug-likeness (QED) is 0.817. The molecule has 0 radical (unpaired) electrons. The van der Waals surface area contributed by atoms with E-state index in [2.05, 4.69) is 58.1 Å². The molecule has 1 N–H and O–H groups in total. The molecular formula is C19H31NO. The third-order valence-corrected chi connectivity index (χ3v) is 4.82. The van der Waals surface area contributed by atoms with Gasteiger partial charge in [0.1, 0.15) is 5.75 Å². The molecule has 2 heteroatoms. The van der Waals surface area contributed by atoms with Gasteiger partial charge < -0.3 is 10.1 Å². The lowest BCUT2D eigenvalue weighted by Crippen LogP contribution is -2.28. The first-order valence-corrected chi connectivity index (χ1v) is 8.40. The highest BCUT2D eigenvalue weighted by Gasteiger charge is 2.25. The Hall–Kier alpha value is -1.02. The van der Waals surface area contributed by atoms with E-state index in [-0.39, 0.29) is 0 Å². The topological polar surface area (TPSA) is 21.3 Å². The molecule has 1 aliphatic rings. The Morgan fingerprint density at radius 3 is 2.71 bits per heavy atom. The lowest BCUT2D eigenvalue weighted by molar-refractivity contribution is 0.223. The zero-order chi connectivity index (χ0) is 15.5.